The molecule has 0 heterocycles. The third-order valence-electron chi connectivity index (χ3n) is 4.37. The van der Waals surface area contributed by atoms with Gasteiger partial charge in [-0.15, -0.1) is 0 Å². The van der Waals surface area contributed by atoms with Gasteiger partial charge < -0.3 is 24.3 Å². The van der Waals surface area contributed by atoms with Gasteiger partial charge in [-0.25, -0.2) is 4.79 Å². The van der Waals surface area contributed by atoms with Crippen LogP contribution in [0.5, 0.6) is 17.2 Å². The van der Waals surface area contributed by atoms with Crippen LogP contribution in [0.3, 0.4) is 0 Å². The Morgan fingerprint density at radius 1 is 0.933 bits per heavy atom. The highest BCUT2D eigenvalue weighted by atomic mass is 16.5. The van der Waals surface area contributed by atoms with Gasteiger partial charge in [-0.1, -0.05) is 32.9 Å². The number of carbonyl (C=O) groups excluding carboxylic acids is 2. The highest BCUT2D eigenvalue weighted by molar-refractivity contribution is 5.92. The van der Waals surface area contributed by atoms with Crippen LogP contribution in [0.15, 0.2) is 42.5 Å². The Morgan fingerprint density at radius 2 is 1.60 bits per heavy atom. The van der Waals surface area contributed by atoms with Crippen LogP contribution in [-0.2, 0) is 14.9 Å². The molecule has 0 aliphatic rings. The van der Waals surface area contributed by atoms with Crippen molar-refractivity contribution in [1.82, 2.24) is 5.32 Å². The first-order valence-corrected chi connectivity index (χ1v) is 9.64. The molecular weight excluding hydrogens is 386 g/mol. The van der Waals surface area contributed by atoms with Crippen molar-refractivity contribution in [2.45, 2.75) is 26.2 Å². The van der Waals surface area contributed by atoms with E-state index in [-0.39, 0.29) is 17.6 Å². The average Bonchev–Trinajstić information content (AvgIpc) is 2.74. The minimum atomic E-state index is -0.624. The molecule has 0 spiro atoms. The summed E-state index contributed by atoms with van der Waals surface area (Å²) in [7, 11) is 2.98. The number of ether oxygens (including phenoxy) is 4. The molecule has 1 amide bonds. The Hall–Kier alpha value is -3.22. The second kappa shape index (κ2) is 10.5. The van der Waals surface area contributed by atoms with Crippen molar-refractivity contribution >= 4 is 11.9 Å². The summed E-state index contributed by atoms with van der Waals surface area (Å²) in [4.78, 5) is 24.0. The predicted octanol–water partition coefficient (Wildman–Crippen LogP) is 3.35. The third-order valence-corrected chi connectivity index (χ3v) is 4.37. The summed E-state index contributed by atoms with van der Waals surface area (Å²) in [6, 6.07) is 12.5. The van der Waals surface area contributed by atoms with Crippen molar-refractivity contribution in [1.29, 1.82) is 0 Å². The number of carbonyl (C=O) groups is 2. The maximum atomic E-state index is 12.1. The van der Waals surface area contributed by atoms with Gasteiger partial charge in [0.25, 0.3) is 5.91 Å². The first kappa shape index (κ1) is 23.1. The van der Waals surface area contributed by atoms with Gasteiger partial charge in [0.05, 0.1) is 26.3 Å². The lowest BCUT2D eigenvalue weighted by molar-refractivity contribution is -0.124. The van der Waals surface area contributed by atoms with Gasteiger partial charge >= 0.3 is 5.97 Å². The molecule has 0 saturated heterocycles. The molecule has 2 rings (SSSR count). The summed E-state index contributed by atoms with van der Waals surface area (Å²) < 4.78 is 20.9. The SMILES string of the molecule is COc1ccc(C(=O)OCC(=O)NCCOc2ccc(C(C)(C)C)cc2)cc1OC. The second-order valence-corrected chi connectivity index (χ2v) is 7.62. The fourth-order valence-corrected chi connectivity index (χ4v) is 2.64. The van der Waals surface area contributed by atoms with Crippen molar-refractivity contribution in [3.63, 3.8) is 0 Å². The number of amides is 1. The topological polar surface area (TPSA) is 83.1 Å². The number of hydrogen-bond donors (Lipinski definition) is 1. The first-order chi connectivity index (χ1) is 14.2. The van der Waals surface area contributed by atoms with Crippen LogP contribution in [0.2, 0.25) is 0 Å². The van der Waals surface area contributed by atoms with E-state index in [9.17, 15) is 9.59 Å². The van der Waals surface area contributed by atoms with Gasteiger partial charge in [0.1, 0.15) is 12.4 Å². The molecule has 1 N–H and O–H groups in total. The molecule has 0 atom stereocenters. The molecule has 0 fully saturated rings. The summed E-state index contributed by atoms with van der Waals surface area (Å²) >= 11 is 0. The van der Waals surface area contributed by atoms with Gasteiger partial charge in [-0.3, -0.25) is 4.79 Å². The van der Waals surface area contributed by atoms with E-state index in [1.807, 2.05) is 24.3 Å². The highest BCUT2D eigenvalue weighted by Gasteiger charge is 2.14. The summed E-state index contributed by atoms with van der Waals surface area (Å²) in [5.41, 5.74) is 1.57. The van der Waals surface area contributed by atoms with Crippen LogP contribution in [0.25, 0.3) is 0 Å². The van der Waals surface area contributed by atoms with Crippen LogP contribution in [-0.4, -0.2) is 45.9 Å². The molecule has 0 saturated carbocycles. The van der Waals surface area contributed by atoms with Crippen LogP contribution in [0.4, 0.5) is 0 Å². The van der Waals surface area contributed by atoms with Crippen LogP contribution >= 0.6 is 0 Å². The Bertz CT molecular complexity index is 855. The zero-order chi connectivity index (χ0) is 22.1. The molecule has 0 aromatic heterocycles. The third kappa shape index (κ3) is 6.69. The van der Waals surface area contributed by atoms with Crippen LogP contribution < -0.4 is 19.5 Å². The van der Waals surface area contributed by atoms with Gasteiger partial charge in [-0.05, 0) is 41.3 Å². The number of methoxy groups -OCH3 is 2. The Balaban J connectivity index is 1.72. The lowest BCUT2D eigenvalue weighted by Gasteiger charge is -2.19. The Kier molecular flexibility index (Phi) is 8.09. The molecule has 0 aliphatic carbocycles. The molecule has 2 aromatic carbocycles. The maximum absolute atomic E-state index is 12.1. The van der Waals surface area contributed by atoms with E-state index in [1.165, 1.54) is 25.8 Å². The molecule has 0 unspecified atom stereocenters. The Labute approximate surface area is 177 Å². The van der Waals surface area contributed by atoms with E-state index in [0.717, 1.165) is 5.75 Å². The zero-order valence-electron chi connectivity index (χ0n) is 18.1. The molecule has 0 radical (unpaired) electrons. The normalized spacial score (nSPS) is 10.8. The summed E-state index contributed by atoms with van der Waals surface area (Å²) in [6.07, 6.45) is 0. The van der Waals surface area contributed by atoms with Crippen molar-refractivity contribution < 1.29 is 28.5 Å². The van der Waals surface area contributed by atoms with E-state index >= 15 is 0 Å². The minimum Gasteiger partial charge on any atom is -0.493 e. The van der Waals surface area contributed by atoms with Crippen molar-refractivity contribution in [3.8, 4) is 17.2 Å². The van der Waals surface area contributed by atoms with Crippen LogP contribution in [0.1, 0.15) is 36.7 Å². The number of benzene rings is 2. The fourth-order valence-electron chi connectivity index (χ4n) is 2.64. The van der Waals surface area contributed by atoms with Crippen LogP contribution in [0, 0.1) is 0 Å². The number of hydrogen-bond acceptors (Lipinski definition) is 6. The molecular formula is C23H29NO6. The maximum Gasteiger partial charge on any atom is 0.338 e. The molecule has 7 heteroatoms. The number of nitrogens with one attached hydrogen (secondary N) is 1. The monoisotopic (exact) mass is 415 g/mol. The summed E-state index contributed by atoms with van der Waals surface area (Å²) in [5.74, 6) is 0.609. The Morgan fingerprint density at radius 3 is 2.20 bits per heavy atom. The average molecular weight is 415 g/mol. The van der Waals surface area contributed by atoms with Gasteiger partial charge in [0, 0.05) is 0 Å². The molecule has 30 heavy (non-hydrogen) atoms. The molecule has 0 aliphatic heterocycles. The first-order valence-electron chi connectivity index (χ1n) is 9.64. The van der Waals surface area contributed by atoms with E-state index in [0.29, 0.717) is 24.7 Å². The van der Waals surface area contributed by atoms with E-state index in [1.54, 1.807) is 12.1 Å². The zero-order valence-corrected chi connectivity index (χ0v) is 18.1. The summed E-state index contributed by atoms with van der Waals surface area (Å²) in [6.45, 7) is 6.68. The van der Waals surface area contributed by atoms with E-state index in [2.05, 4.69) is 26.1 Å². The lowest BCUT2D eigenvalue weighted by Crippen LogP contribution is -2.32. The van der Waals surface area contributed by atoms with Gasteiger partial charge in [-0.2, -0.15) is 0 Å². The largest absolute Gasteiger partial charge is 0.493 e. The lowest BCUT2D eigenvalue weighted by atomic mass is 9.87. The van der Waals surface area contributed by atoms with Gasteiger partial charge in [0.2, 0.25) is 0 Å². The highest BCUT2D eigenvalue weighted by Crippen LogP contribution is 2.27. The van der Waals surface area contributed by atoms with E-state index < -0.39 is 11.9 Å². The quantitative estimate of drug-likeness (QED) is 0.500. The smallest absolute Gasteiger partial charge is 0.338 e. The number of esters is 1. The van der Waals surface area contributed by atoms with Crippen molar-refractivity contribution in [3.05, 3.63) is 53.6 Å². The fraction of sp³-hybridized carbons (Fsp3) is 0.391. The van der Waals surface area contributed by atoms with Gasteiger partial charge in [0.15, 0.2) is 18.1 Å². The van der Waals surface area contributed by atoms with Crippen molar-refractivity contribution in [2.24, 2.45) is 0 Å². The summed E-state index contributed by atoms with van der Waals surface area (Å²) in [5, 5.41) is 2.65. The predicted molar refractivity (Wildman–Crippen MR) is 113 cm³/mol. The molecule has 162 valence electrons. The standard InChI is InChI=1S/C23H29NO6/c1-23(2,3)17-7-9-18(10-8-17)29-13-12-24-21(25)15-30-22(26)16-6-11-19(27-4)20(14-16)28-5/h6-11,14H,12-13,15H2,1-5H3,(H,24,25). The number of rotatable bonds is 9. The molecule has 7 nitrogen and oxygen atoms in total. The second-order valence-electron chi connectivity index (χ2n) is 7.62. The van der Waals surface area contributed by atoms with E-state index in [4.69, 9.17) is 18.9 Å². The molecule has 0 bridgehead atoms. The minimum absolute atomic E-state index is 0.0842. The van der Waals surface area contributed by atoms with Crippen molar-refractivity contribution in [2.75, 3.05) is 34.0 Å². The molecule has 2 aromatic rings.